The molecule has 0 saturated carbocycles. The lowest BCUT2D eigenvalue weighted by Gasteiger charge is -2.04. The second-order valence-electron chi connectivity index (χ2n) is 4.97. The average molecular weight is 330 g/mol. The van der Waals surface area contributed by atoms with E-state index in [1.54, 1.807) is 24.5 Å². The number of nitrogens with two attached hydrogens (primary N) is 1. The van der Waals surface area contributed by atoms with Gasteiger partial charge in [-0.1, -0.05) is 0 Å². The van der Waals surface area contributed by atoms with Gasteiger partial charge in [-0.2, -0.15) is 0 Å². The summed E-state index contributed by atoms with van der Waals surface area (Å²) < 4.78 is 1.91. The Labute approximate surface area is 140 Å². The number of aliphatic hydroxyl groups is 2. The largest absolute Gasteiger partial charge is 0.396 e. The molecule has 8 nitrogen and oxygen atoms in total. The van der Waals surface area contributed by atoms with E-state index in [-0.39, 0.29) is 13.2 Å². The molecule has 0 aromatic carbocycles. The maximum absolute atomic E-state index is 8.85. The molecule has 0 radical (unpaired) electrons. The first-order valence-corrected chi connectivity index (χ1v) is 7.61. The van der Waals surface area contributed by atoms with Crippen LogP contribution >= 0.6 is 0 Å². The van der Waals surface area contributed by atoms with Crippen molar-refractivity contribution in [3.8, 4) is 0 Å². The van der Waals surface area contributed by atoms with Crippen molar-refractivity contribution in [2.24, 2.45) is 0 Å². The highest BCUT2D eigenvalue weighted by Gasteiger charge is 2.06. The summed E-state index contributed by atoms with van der Waals surface area (Å²) in [5.74, 6) is 1.52. The molecule has 8 heteroatoms. The molecule has 0 unspecified atom stereocenters. The van der Waals surface area contributed by atoms with Crippen molar-refractivity contribution in [2.45, 2.75) is 13.5 Å². The van der Waals surface area contributed by atoms with Crippen molar-refractivity contribution < 1.29 is 10.2 Å². The van der Waals surface area contributed by atoms with Crippen LogP contribution in [0.3, 0.4) is 0 Å². The third kappa shape index (κ3) is 4.40. The van der Waals surface area contributed by atoms with Crippen LogP contribution in [0.15, 0.2) is 36.7 Å². The van der Waals surface area contributed by atoms with Crippen LogP contribution in [-0.4, -0.2) is 49.5 Å². The van der Waals surface area contributed by atoms with Gasteiger partial charge in [-0.15, -0.1) is 0 Å². The molecule has 128 valence electrons. The van der Waals surface area contributed by atoms with Gasteiger partial charge in [-0.25, -0.2) is 15.0 Å². The van der Waals surface area contributed by atoms with Crippen LogP contribution in [0.25, 0.3) is 11.2 Å². The fourth-order valence-corrected chi connectivity index (χ4v) is 2.18. The highest BCUT2D eigenvalue weighted by molar-refractivity contribution is 5.71. The molecule has 0 bridgehead atoms. The highest BCUT2D eigenvalue weighted by atomic mass is 16.3. The third-order valence-electron chi connectivity index (χ3n) is 3.26. The van der Waals surface area contributed by atoms with Crippen LogP contribution in [0.4, 0.5) is 11.5 Å². The van der Waals surface area contributed by atoms with Crippen molar-refractivity contribution in [3.05, 3.63) is 42.5 Å². The monoisotopic (exact) mass is 330 g/mol. The Balaban J connectivity index is 0.000000177. The molecular weight excluding hydrogens is 308 g/mol. The molecule has 24 heavy (non-hydrogen) atoms. The smallest absolute Gasteiger partial charge is 0.160 e. The van der Waals surface area contributed by atoms with Gasteiger partial charge in [-0.05, 0) is 31.2 Å². The SMILES string of the molecule is Cc1nc2cccnc2n1CCO.Nc1cccnc1NCCO. The van der Waals surface area contributed by atoms with Crippen molar-refractivity contribution in [3.63, 3.8) is 0 Å². The summed E-state index contributed by atoms with van der Waals surface area (Å²) >= 11 is 0. The van der Waals surface area contributed by atoms with Crippen LogP contribution in [0.5, 0.6) is 0 Å². The summed E-state index contributed by atoms with van der Waals surface area (Å²) in [5, 5.41) is 20.2. The van der Waals surface area contributed by atoms with Gasteiger partial charge in [0.15, 0.2) is 5.65 Å². The molecule has 0 aliphatic heterocycles. The number of nitrogens with zero attached hydrogens (tertiary/aromatic N) is 4. The minimum absolute atomic E-state index is 0.0794. The minimum atomic E-state index is 0.0794. The maximum Gasteiger partial charge on any atom is 0.160 e. The van der Waals surface area contributed by atoms with Gasteiger partial charge in [0.1, 0.15) is 17.2 Å². The Morgan fingerprint density at radius 3 is 2.58 bits per heavy atom. The second kappa shape index (κ2) is 8.80. The fraction of sp³-hybridized carbons (Fsp3) is 0.312. The lowest BCUT2D eigenvalue weighted by atomic mass is 10.4. The van der Waals surface area contributed by atoms with E-state index in [1.807, 2.05) is 23.6 Å². The number of aliphatic hydroxyl groups excluding tert-OH is 2. The predicted octanol–water partition coefficient (Wildman–Crippen LogP) is 0.800. The number of aromatic nitrogens is 4. The van der Waals surface area contributed by atoms with Gasteiger partial charge in [0.2, 0.25) is 0 Å². The zero-order valence-corrected chi connectivity index (χ0v) is 13.6. The van der Waals surface area contributed by atoms with Gasteiger partial charge >= 0.3 is 0 Å². The van der Waals surface area contributed by atoms with Crippen molar-refractivity contribution in [1.82, 2.24) is 19.5 Å². The summed E-state index contributed by atoms with van der Waals surface area (Å²) in [6.07, 6.45) is 3.38. The maximum atomic E-state index is 8.85. The molecule has 3 heterocycles. The summed E-state index contributed by atoms with van der Waals surface area (Å²) in [4.78, 5) is 12.5. The molecule has 0 atom stereocenters. The Hall–Kier alpha value is -2.71. The Kier molecular flexibility index (Phi) is 6.47. The van der Waals surface area contributed by atoms with Gasteiger partial charge in [0.05, 0.1) is 18.9 Å². The number of imidazole rings is 1. The standard InChI is InChI=1S/C9H11N3O.C7H11N3O/c1-7-11-8-3-2-4-10-9(8)12(7)5-6-13;8-6-2-1-3-9-7(6)10-4-5-11/h2-4,13H,5-6H2,1H3;1-3,11H,4-5,8H2,(H,9,10). The number of hydrogen-bond donors (Lipinski definition) is 4. The summed E-state index contributed by atoms with van der Waals surface area (Å²) in [7, 11) is 0. The molecule has 0 aliphatic rings. The number of nitrogen functional groups attached to an aromatic ring is 1. The van der Waals surface area contributed by atoms with E-state index in [2.05, 4.69) is 20.3 Å². The van der Waals surface area contributed by atoms with Crippen LogP contribution in [0, 0.1) is 6.92 Å². The van der Waals surface area contributed by atoms with E-state index >= 15 is 0 Å². The number of hydrogen-bond acceptors (Lipinski definition) is 7. The van der Waals surface area contributed by atoms with Crippen LogP contribution in [-0.2, 0) is 6.54 Å². The zero-order chi connectivity index (χ0) is 17.4. The quantitative estimate of drug-likeness (QED) is 0.546. The molecule has 0 aliphatic carbocycles. The Morgan fingerprint density at radius 1 is 1.12 bits per heavy atom. The topological polar surface area (TPSA) is 122 Å². The number of fused-ring (bicyclic) bond motifs is 1. The normalized spacial score (nSPS) is 10.3. The zero-order valence-electron chi connectivity index (χ0n) is 13.6. The average Bonchev–Trinajstić information content (AvgIpc) is 2.91. The lowest BCUT2D eigenvalue weighted by molar-refractivity contribution is 0.276. The molecule has 3 aromatic rings. The Morgan fingerprint density at radius 2 is 1.88 bits per heavy atom. The number of aryl methyl sites for hydroxylation is 1. The van der Waals surface area contributed by atoms with E-state index in [4.69, 9.17) is 15.9 Å². The summed E-state index contributed by atoms with van der Waals surface area (Å²) in [6.45, 7) is 3.14. The van der Waals surface area contributed by atoms with Crippen LogP contribution < -0.4 is 11.1 Å². The van der Waals surface area contributed by atoms with Gasteiger partial charge in [0.25, 0.3) is 0 Å². The number of anilines is 2. The predicted molar refractivity (Wildman–Crippen MR) is 93.6 cm³/mol. The van der Waals surface area contributed by atoms with Crippen molar-refractivity contribution in [2.75, 3.05) is 30.8 Å². The van der Waals surface area contributed by atoms with Gasteiger partial charge in [-0.3, -0.25) is 0 Å². The molecule has 0 amide bonds. The molecule has 0 fully saturated rings. The minimum Gasteiger partial charge on any atom is -0.396 e. The number of nitrogens with one attached hydrogen (secondary N) is 1. The second-order valence-corrected chi connectivity index (χ2v) is 4.97. The van der Waals surface area contributed by atoms with Crippen LogP contribution in [0.2, 0.25) is 0 Å². The number of rotatable bonds is 5. The number of pyridine rings is 2. The molecule has 3 aromatic heterocycles. The Bertz CT molecular complexity index is 774. The highest BCUT2D eigenvalue weighted by Crippen LogP contribution is 2.12. The third-order valence-corrected chi connectivity index (χ3v) is 3.26. The first kappa shape index (κ1) is 17.6. The van der Waals surface area contributed by atoms with E-state index in [1.165, 1.54) is 0 Å². The van der Waals surface area contributed by atoms with E-state index in [0.29, 0.717) is 24.6 Å². The van der Waals surface area contributed by atoms with E-state index in [9.17, 15) is 0 Å². The molecule has 0 saturated heterocycles. The molecule has 0 spiro atoms. The first-order valence-electron chi connectivity index (χ1n) is 7.61. The van der Waals surface area contributed by atoms with E-state index < -0.39 is 0 Å². The summed E-state index contributed by atoms with van der Waals surface area (Å²) in [6, 6.07) is 7.30. The fourth-order valence-electron chi connectivity index (χ4n) is 2.18. The molecule has 5 N–H and O–H groups in total. The summed E-state index contributed by atoms with van der Waals surface area (Å²) in [5.41, 5.74) is 7.88. The van der Waals surface area contributed by atoms with Gasteiger partial charge < -0.3 is 25.8 Å². The van der Waals surface area contributed by atoms with E-state index in [0.717, 1.165) is 17.0 Å². The lowest BCUT2D eigenvalue weighted by Crippen LogP contribution is -2.08. The molecular formula is C16H22N6O2. The van der Waals surface area contributed by atoms with Gasteiger partial charge in [0, 0.05) is 25.5 Å². The van der Waals surface area contributed by atoms with Crippen molar-refractivity contribution >= 4 is 22.7 Å². The van der Waals surface area contributed by atoms with Crippen molar-refractivity contribution in [1.29, 1.82) is 0 Å². The molecule has 3 rings (SSSR count). The van der Waals surface area contributed by atoms with Crippen LogP contribution in [0.1, 0.15) is 5.82 Å². The first-order chi connectivity index (χ1) is 11.7.